The molecule has 3 rings (SSSR count). The zero-order chi connectivity index (χ0) is 21.7. The minimum absolute atomic E-state index is 0.0321. The van der Waals surface area contributed by atoms with Gasteiger partial charge in [0, 0.05) is 37.4 Å². The van der Waals surface area contributed by atoms with Crippen LogP contribution in [0.25, 0.3) is 0 Å². The fourth-order valence-corrected chi connectivity index (χ4v) is 4.64. The van der Waals surface area contributed by atoms with E-state index >= 15 is 0 Å². The molecular weight excluding hydrogens is 406 g/mol. The lowest BCUT2D eigenvalue weighted by Crippen LogP contribution is -2.50. The number of benzene rings is 2. The number of amides is 1. The molecule has 30 heavy (non-hydrogen) atoms. The van der Waals surface area contributed by atoms with Gasteiger partial charge < -0.3 is 10.1 Å². The second-order valence-electron chi connectivity index (χ2n) is 7.04. The number of rotatable bonds is 7. The van der Waals surface area contributed by atoms with Crippen LogP contribution < -0.4 is 10.1 Å². The van der Waals surface area contributed by atoms with Crippen molar-refractivity contribution in [3.63, 3.8) is 0 Å². The van der Waals surface area contributed by atoms with Crippen LogP contribution in [0.2, 0.25) is 0 Å². The molecule has 8 nitrogen and oxygen atoms in total. The molecule has 1 amide bonds. The van der Waals surface area contributed by atoms with Crippen LogP contribution in [-0.4, -0.2) is 69.1 Å². The zero-order valence-corrected chi connectivity index (χ0v) is 17.8. The minimum Gasteiger partial charge on any atom is -0.497 e. The van der Waals surface area contributed by atoms with Crippen molar-refractivity contribution in [1.29, 1.82) is 0 Å². The van der Waals surface area contributed by atoms with Gasteiger partial charge in [0.15, 0.2) is 5.78 Å². The molecular formula is C21H25N3O5S. The number of nitrogens with one attached hydrogen (secondary N) is 1. The van der Waals surface area contributed by atoms with Crippen LogP contribution >= 0.6 is 0 Å². The van der Waals surface area contributed by atoms with E-state index in [9.17, 15) is 18.0 Å². The Kier molecular flexibility index (Phi) is 6.86. The number of nitrogens with zero attached hydrogens (tertiary/aromatic N) is 2. The molecule has 0 aromatic heterocycles. The number of ether oxygens (including phenoxy) is 1. The van der Waals surface area contributed by atoms with E-state index in [1.54, 1.807) is 36.4 Å². The van der Waals surface area contributed by atoms with Crippen molar-refractivity contribution in [3.05, 3.63) is 54.1 Å². The largest absolute Gasteiger partial charge is 0.497 e. The Morgan fingerprint density at radius 1 is 0.967 bits per heavy atom. The number of methoxy groups -OCH3 is 1. The first-order chi connectivity index (χ1) is 14.3. The summed E-state index contributed by atoms with van der Waals surface area (Å²) in [6.07, 6.45) is 0. The van der Waals surface area contributed by atoms with Gasteiger partial charge in [-0.1, -0.05) is 0 Å². The van der Waals surface area contributed by atoms with Gasteiger partial charge in [-0.05, 0) is 55.5 Å². The summed E-state index contributed by atoms with van der Waals surface area (Å²) >= 11 is 0. The molecule has 9 heteroatoms. The van der Waals surface area contributed by atoms with E-state index in [0.29, 0.717) is 43.2 Å². The lowest BCUT2D eigenvalue weighted by Gasteiger charge is -2.33. The van der Waals surface area contributed by atoms with E-state index < -0.39 is 10.0 Å². The lowest BCUT2D eigenvalue weighted by atomic mass is 10.1. The van der Waals surface area contributed by atoms with Crippen LogP contribution in [0.1, 0.15) is 17.3 Å². The Bertz CT molecular complexity index is 996. The number of hydrogen-bond donors (Lipinski definition) is 1. The summed E-state index contributed by atoms with van der Waals surface area (Å²) in [6, 6.07) is 13.0. The highest BCUT2D eigenvalue weighted by molar-refractivity contribution is 7.89. The molecule has 2 aromatic rings. The molecule has 1 N–H and O–H groups in total. The van der Waals surface area contributed by atoms with Gasteiger partial charge in [-0.15, -0.1) is 0 Å². The van der Waals surface area contributed by atoms with E-state index in [2.05, 4.69) is 5.32 Å². The number of ketones is 1. The van der Waals surface area contributed by atoms with Gasteiger partial charge in [-0.2, -0.15) is 4.31 Å². The summed E-state index contributed by atoms with van der Waals surface area (Å²) in [5, 5.41) is 2.80. The first kappa shape index (κ1) is 21.9. The minimum atomic E-state index is -3.58. The smallest absolute Gasteiger partial charge is 0.243 e. The van der Waals surface area contributed by atoms with Crippen LogP contribution in [-0.2, 0) is 14.8 Å². The average molecular weight is 432 g/mol. The Morgan fingerprint density at radius 3 is 2.10 bits per heavy atom. The topological polar surface area (TPSA) is 96.0 Å². The van der Waals surface area contributed by atoms with E-state index in [-0.39, 0.29) is 23.1 Å². The van der Waals surface area contributed by atoms with Crippen molar-refractivity contribution in [2.75, 3.05) is 45.2 Å². The molecule has 0 unspecified atom stereocenters. The maximum atomic E-state index is 12.8. The molecule has 1 aliphatic rings. The number of carbonyl (C=O) groups excluding carboxylic acids is 2. The second kappa shape index (κ2) is 9.38. The Labute approximate surface area is 176 Å². The monoisotopic (exact) mass is 431 g/mol. The Hall–Kier alpha value is -2.75. The van der Waals surface area contributed by atoms with Crippen molar-refractivity contribution in [2.45, 2.75) is 11.8 Å². The van der Waals surface area contributed by atoms with Crippen LogP contribution in [0.4, 0.5) is 5.69 Å². The van der Waals surface area contributed by atoms with Gasteiger partial charge in [0.25, 0.3) is 0 Å². The van der Waals surface area contributed by atoms with Gasteiger partial charge in [0.2, 0.25) is 15.9 Å². The quantitative estimate of drug-likeness (QED) is 0.672. The van der Waals surface area contributed by atoms with Gasteiger partial charge in [-0.25, -0.2) is 8.42 Å². The van der Waals surface area contributed by atoms with Gasteiger partial charge >= 0.3 is 0 Å². The summed E-state index contributed by atoms with van der Waals surface area (Å²) < 4.78 is 32.1. The molecule has 0 radical (unpaired) electrons. The average Bonchev–Trinajstić information content (AvgIpc) is 2.74. The predicted molar refractivity (Wildman–Crippen MR) is 113 cm³/mol. The standard InChI is InChI=1S/C21H25N3O5S/c1-16(25)17-3-5-18(6-4-17)22-21(26)15-23-11-13-24(14-12-23)30(27,28)20-9-7-19(29-2)8-10-20/h3-10H,11-15H2,1-2H3,(H,22,26). The second-order valence-corrected chi connectivity index (χ2v) is 8.98. The highest BCUT2D eigenvalue weighted by Crippen LogP contribution is 2.20. The molecule has 0 aliphatic carbocycles. The molecule has 1 fully saturated rings. The van der Waals surface area contributed by atoms with Crippen molar-refractivity contribution in [2.24, 2.45) is 0 Å². The number of piperazine rings is 1. The third-order valence-electron chi connectivity index (χ3n) is 4.97. The van der Waals surface area contributed by atoms with Crippen LogP contribution in [0.5, 0.6) is 5.75 Å². The Morgan fingerprint density at radius 2 is 1.57 bits per heavy atom. The van der Waals surface area contributed by atoms with E-state index in [0.717, 1.165) is 0 Å². The van der Waals surface area contributed by atoms with E-state index in [1.807, 2.05) is 4.90 Å². The van der Waals surface area contributed by atoms with E-state index in [1.165, 1.54) is 30.5 Å². The SMILES string of the molecule is COc1ccc(S(=O)(=O)N2CCN(CC(=O)Nc3ccc(C(C)=O)cc3)CC2)cc1. The number of Topliss-reactive ketones (excluding diaryl/α,β-unsaturated/α-hetero) is 1. The third kappa shape index (κ3) is 5.24. The van der Waals surface area contributed by atoms with Crippen molar-refractivity contribution < 1.29 is 22.7 Å². The highest BCUT2D eigenvalue weighted by atomic mass is 32.2. The summed E-state index contributed by atoms with van der Waals surface area (Å²) in [6.45, 7) is 3.22. The van der Waals surface area contributed by atoms with Crippen molar-refractivity contribution in [3.8, 4) is 5.75 Å². The fraction of sp³-hybridized carbons (Fsp3) is 0.333. The molecule has 1 saturated heterocycles. The Balaban J connectivity index is 1.52. The maximum absolute atomic E-state index is 12.8. The van der Waals surface area contributed by atoms with Crippen LogP contribution in [0, 0.1) is 0 Å². The highest BCUT2D eigenvalue weighted by Gasteiger charge is 2.29. The van der Waals surface area contributed by atoms with Crippen molar-refractivity contribution >= 4 is 27.4 Å². The van der Waals surface area contributed by atoms with E-state index in [4.69, 9.17) is 4.74 Å². The van der Waals surface area contributed by atoms with Crippen molar-refractivity contribution in [1.82, 2.24) is 9.21 Å². The summed E-state index contributed by atoms with van der Waals surface area (Å²) in [4.78, 5) is 25.7. The van der Waals surface area contributed by atoms with Crippen LogP contribution in [0.15, 0.2) is 53.4 Å². The molecule has 2 aromatic carbocycles. The number of sulfonamides is 1. The first-order valence-corrected chi connectivity index (χ1v) is 11.0. The summed E-state index contributed by atoms with van der Waals surface area (Å²) in [5.41, 5.74) is 1.20. The maximum Gasteiger partial charge on any atom is 0.243 e. The van der Waals surface area contributed by atoms with Gasteiger partial charge in [-0.3, -0.25) is 14.5 Å². The zero-order valence-electron chi connectivity index (χ0n) is 17.0. The molecule has 160 valence electrons. The summed E-state index contributed by atoms with van der Waals surface area (Å²) in [5.74, 6) is 0.382. The molecule has 0 saturated carbocycles. The number of anilines is 1. The third-order valence-corrected chi connectivity index (χ3v) is 6.88. The fourth-order valence-electron chi connectivity index (χ4n) is 3.22. The number of hydrogen-bond acceptors (Lipinski definition) is 6. The molecule has 0 atom stereocenters. The molecule has 1 heterocycles. The molecule has 0 spiro atoms. The van der Waals surface area contributed by atoms with Gasteiger partial charge in [0.05, 0.1) is 18.6 Å². The normalized spacial score (nSPS) is 15.5. The lowest BCUT2D eigenvalue weighted by molar-refractivity contribution is -0.117. The molecule has 0 bridgehead atoms. The predicted octanol–water partition coefficient (Wildman–Crippen LogP) is 1.84. The molecule has 1 aliphatic heterocycles. The number of carbonyl (C=O) groups is 2. The summed E-state index contributed by atoms with van der Waals surface area (Å²) in [7, 11) is -2.05. The first-order valence-electron chi connectivity index (χ1n) is 9.57. The van der Waals surface area contributed by atoms with Gasteiger partial charge in [0.1, 0.15) is 5.75 Å². The van der Waals surface area contributed by atoms with Crippen LogP contribution in [0.3, 0.4) is 0 Å².